The quantitative estimate of drug-likeness (QED) is 0.595. The zero-order valence-corrected chi connectivity index (χ0v) is 17.6. The summed E-state index contributed by atoms with van der Waals surface area (Å²) in [5.74, 6) is -1.28. The molecule has 0 saturated carbocycles. The number of urea groups is 2. The predicted octanol–water partition coefficient (Wildman–Crippen LogP) is 2.30. The molecule has 0 unspecified atom stereocenters. The molecule has 3 rings (SSSR count). The maximum atomic E-state index is 13.5. The first-order chi connectivity index (χ1) is 14.9. The molecule has 31 heavy (non-hydrogen) atoms. The number of rotatable bonds is 7. The Labute approximate surface area is 181 Å². The summed E-state index contributed by atoms with van der Waals surface area (Å²) in [6, 6.07) is 16.8. The lowest BCUT2D eigenvalue weighted by Gasteiger charge is -2.27. The molecule has 0 radical (unpaired) electrons. The van der Waals surface area contributed by atoms with Crippen LogP contribution in [-0.2, 0) is 21.5 Å². The van der Waals surface area contributed by atoms with Gasteiger partial charge in [0.2, 0.25) is 5.91 Å². The third kappa shape index (κ3) is 4.91. The van der Waals surface area contributed by atoms with Gasteiger partial charge in [0.15, 0.2) is 5.54 Å². The van der Waals surface area contributed by atoms with Crippen LogP contribution in [0, 0.1) is 0 Å². The smallest absolute Gasteiger partial charge is 0.325 e. The van der Waals surface area contributed by atoms with Crippen LogP contribution in [0.3, 0.4) is 0 Å². The summed E-state index contributed by atoms with van der Waals surface area (Å²) in [5.41, 5.74) is 0.146. The Morgan fingerprint density at radius 3 is 2.26 bits per heavy atom. The number of carbonyl (C=O) groups excluding carboxylic acids is 4. The summed E-state index contributed by atoms with van der Waals surface area (Å²) in [4.78, 5) is 51.3. The van der Waals surface area contributed by atoms with E-state index >= 15 is 0 Å². The molecule has 6 amide bonds. The third-order valence-electron chi connectivity index (χ3n) is 5.30. The molecule has 8 nitrogen and oxygen atoms in total. The van der Waals surface area contributed by atoms with Crippen molar-refractivity contribution >= 4 is 23.9 Å². The normalized spacial score (nSPS) is 19.0. The summed E-state index contributed by atoms with van der Waals surface area (Å²) in [6.07, 6.45) is 0.933. The lowest BCUT2D eigenvalue weighted by atomic mass is 9.83. The topological polar surface area (TPSA) is 108 Å². The molecule has 2 atom stereocenters. The monoisotopic (exact) mass is 422 g/mol. The van der Waals surface area contributed by atoms with E-state index in [2.05, 4.69) is 16.0 Å². The van der Waals surface area contributed by atoms with Crippen LogP contribution in [0.25, 0.3) is 0 Å². The molecule has 0 spiro atoms. The van der Waals surface area contributed by atoms with Gasteiger partial charge in [-0.25, -0.2) is 9.59 Å². The molecule has 162 valence electrons. The second-order valence-electron chi connectivity index (χ2n) is 7.59. The lowest BCUT2D eigenvalue weighted by molar-refractivity contribution is -0.135. The molecule has 1 aliphatic heterocycles. The van der Waals surface area contributed by atoms with Crippen LogP contribution in [-0.4, -0.2) is 41.4 Å². The molecule has 0 aromatic heterocycles. The maximum absolute atomic E-state index is 13.5. The minimum absolute atomic E-state index is 0.110. The lowest BCUT2D eigenvalue weighted by Crippen LogP contribution is -2.49. The van der Waals surface area contributed by atoms with Gasteiger partial charge in [-0.05, 0) is 24.5 Å². The van der Waals surface area contributed by atoms with Gasteiger partial charge in [0.25, 0.3) is 5.91 Å². The number of hydrogen-bond donors (Lipinski definition) is 3. The Balaban J connectivity index is 1.82. The van der Waals surface area contributed by atoms with E-state index in [4.69, 9.17) is 0 Å². The van der Waals surface area contributed by atoms with Crippen molar-refractivity contribution < 1.29 is 19.2 Å². The van der Waals surface area contributed by atoms with Gasteiger partial charge >= 0.3 is 12.1 Å². The zero-order valence-electron chi connectivity index (χ0n) is 17.6. The second kappa shape index (κ2) is 9.42. The van der Waals surface area contributed by atoms with Crippen LogP contribution in [0.4, 0.5) is 9.59 Å². The summed E-state index contributed by atoms with van der Waals surface area (Å²) >= 11 is 0. The van der Waals surface area contributed by atoms with E-state index in [1.54, 1.807) is 31.2 Å². The molecule has 1 fully saturated rings. The number of nitrogens with zero attached hydrogens (tertiary/aromatic N) is 1. The fourth-order valence-electron chi connectivity index (χ4n) is 3.48. The van der Waals surface area contributed by atoms with Crippen molar-refractivity contribution in [2.24, 2.45) is 0 Å². The minimum atomic E-state index is -1.33. The van der Waals surface area contributed by atoms with E-state index in [1.165, 1.54) is 0 Å². The Kier molecular flexibility index (Phi) is 6.69. The first kappa shape index (κ1) is 22.0. The average Bonchev–Trinajstić information content (AvgIpc) is 2.99. The van der Waals surface area contributed by atoms with Gasteiger partial charge in [-0.3, -0.25) is 19.8 Å². The van der Waals surface area contributed by atoms with Crippen molar-refractivity contribution in [1.29, 1.82) is 0 Å². The van der Waals surface area contributed by atoms with E-state index in [9.17, 15) is 19.2 Å². The van der Waals surface area contributed by atoms with Crippen LogP contribution >= 0.6 is 0 Å². The summed E-state index contributed by atoms with van der Waals surface area (Å²) in [7, 11) is 0. The highest BCUT2D eigenvalue weighted by Gasteiger charge is 2.52. The highest BCUT2D eigenvalue weighted by Crippen LogP contribution is 2.32. The molecule has 0 aliphatic carbocycles. The second-order valence-corrected chi connectivity index (χ2v) is 7.59. The van der Waals surface area contributed by atoms with Crippen molar-refractivity contribution in [1.82, 2.24) is 20.9 Å². The molecule has 1 heterocycles. The highest BCUT2D eigenvalue weighted by atomic mass is 16.2. The Hall–Kier alpha value is -3.68. The largest absolute Gasteiger partial charge is 0.335 e. The predicted molar refractivity (Wildman–Crippen MR) is 115 cm³/mol. The fraction of sp³-hybridized carbons (Fsp3) is 0.304. The molecule has 0 bridgehead atoms. The van der Waals surface area contributed by atoms with Crippen molar-refractivity contribution in [3.05, 3.63) is 71.8 Å². The van der Waals surface area contributed by atoms with Crippen molar-refractivity contribution in [2.45, 2.75) is 38.3 Å². The minimum Gasteiger partial charge on any atom is -0.335 e. The third-order valence-corrected chi connectivity index (χ3v) is 5.30. The first-order valence-corrected chi connectivity index (χ1v) is 10.2. The summed E-state index contributed by atoms with van der Waals surface area (Å²) in [5, 5.41) is 7.56. The number of nitrogens with one attached hydrogen (secondary N) is 3. The van der Waals surface area contributed by atoms with Crippen LogP contribution in [0.1, 0.15) is 31.4 Å². The molecule has 2 aromatic carbocycles. The van der Waals surface area contributed by atoms with E-state index in [0.29, 0.717) is 12.0 Å². The number of imide groups is 2. The van der Waals surface area contributed by atoms with E-state index in [0.717, 1.165) is 10.5 Å². The van der Waals surface area contributed by atoms with Gasteiger partial charge in [-0.1, -0.05) is 67.6 Å². The molecule has 1 saturated heterocycles. The van der Waals surface area contributed by atoms with Crippen molar-refractivity contribution in [2.75, 3.05) is 6.54 Å². The Morgan fingerprint density at radius 1 is 1.03 bits per heavy atom. The van der Waals surface area contributed by atoms with Gasteiger partial charge < -0.3 is 10.6 Å². The Bertz CT molecular complexity index is 964. The fourth-order valence-corrected chi connectivity index (χ4v) is 3.48. The number of carbonyl (C=O) groups is 4. The molecule has 3 N–H and O–H groups in total. The van der Waals surface area contributed by atoms with Crippen molar-refractivity contribution in [3.63, 3.8) is 0 Å². The van der Waals surface area contributed by atoms with Crippen LogP contribution in [0.2, 0.25) is 0 Å². The average molecular weight is 422 g/mol. The maximum Gasteiger partial charge on any atom is 0.325 e. The zero-order chi connectivity index (χ0) is 22.4. The van der Waals surface area contributed by atoms with Crippen molar-refractivity contribution in [3.8, 4) is 0 Å². The number of hydrogen-bond acceptors (Lipinski definition) is 4. The molecule has 2 aromatic rings. The summed E-state index contributed by atoms with van der Waals surface area (Å²) in [6.45, 7) is 3.15. The molecule has 8 heteroatoms. The standard InChI is InChI=1S/C23H26N4O4/c1-3-16(2)24-21(30)25-19(28)15-27-20(29)23(26-22(27)31,18-12-8-5-9-13-18)14-17-10-6-4-7-11-17/h4-13,16H,3,14-15H2,1-2H3,(H,26,31)(H2,24,25,28,30)/t16-,23+/m0/s1. The summed E-state index contributed by atoms with van der Waals surface area (Å²) < 4.78 is 0. The van der Waals surface area contributed by atoms with Crippen LogP contribution in [0.15, 0.2) is 60.7 Å². The van der Waals surface area contributed by atoms with Gasteiger partial charge in [-0.2, -0.15) is 0 Å². The molecular weight excluding hydrogens is 396 g/mol. The van der Waals surface area contributed by atoms with E-state index < -0.39 is 36.0 Å². The first-order valence-electron chi connectivity index (χ1n) is 10.2. The van der Waals surface area contributed by atoms with Crippen LogP contribution < -0.4 is 16.0 Å². The molecular formula is C23H26N4O4. The number of amides is 6. The van der Waals surface area contributed by atoms with E-state index in [1.807, 2.05) is 43.3 Å². The van der Waals surface area contributed by atoms with Gasteiger partial charge in [0.05, 0.1) is 0 Å². The van der Waals surface area contributed by atoms with E-state index in [-0.39, 0.29) is 12.5 Å². The van der Waals surface area contributed by atoms with Crippen LogP contribution in [0.5, 0.6) is 0 Å². The Morgan fingerprint density at radius 2 is 1.65 bits per heavy atom. The number of benzene rings is 2. The van der Waals surface area contributed by atoms with Gasteiger partial charge in [0.1, 0.15) is 6.54 Å². The van der Waals surface area contributed by atoms with Gasteiger partial charge in [0, 0.05) is 12.5 Å². The highest BCUT2D eigenvalue weighted by molar-refractivity contribution is 6.10. The molecule has 1 aliphatic rings. The van der Waals surface area contributed by atoms with Gasteiger partial charge in [-0.15, -0.1) is 0 Å². The SMILES string of the molecule is CC[C@H](C)NC(=O)NC(=O)CN1C(=O)N[C@](Cc2ccccc2)(c2ccccc2)C1=O.